The van der Waals surface area contributed by atoms with Crippen LogP contribution in [0.5, 0.6) is 0 Å². The summed E-state index contributed by atoms with van der Waals surface area (Å²) in [6, 6.07) is 67.3. The number of nitrogens with zero attached hydrogens (tertiary/aromatic N) is 4. The normalized spacial score (nSPS) is 11.9. The number of benzene rings is 9. The van der Waals surface area contributed by atoms with Crippen molar-refractivity contribution in [1.29, 1.82) is 0 Å². The number of rotatable bonds is 5. The lowest BCUT2D eigenvalue weighted by Crippen LogP contribution is -2.01. The zero-order chi connectivity index (χ0) is 40.0. The van der Waals surface area contributed by atoms with Crippen LogP contribution in [0.3, 0.4) is 0 Å². The van der Waals surface area contributed by atoms with Crippen molar-refractivity contribution >= 4 is 76.5 Å². The van der Waals surface area contributed by atoms with Crippen LogP contribution in [0.2, 0.25) is 0 Å². The van der Waals surface area contributed by atoms with E-state index in [9.17, 15) is 0 Å². The van der Waals surface area contributed by atoms with E-state index in [2.05, 4.69) is 150 Å². The zero-order valence-electron chi connectivity index (χ0n) is 32.6. The van der Waals surface area contributed by atoms with Gasteiger partial charge in [0.05, 0.1) is 22.3 Å². The summed E-state index contributed by atoms with van der Waals surface area (Å²) in [4.78, 5) is 15.9. The van der Waals surface area contributed by atoms with Crippen LogP contribution in [0.1, 0.15) is 0 Å². The van der Waals surface area contributed by atoms with Crippen molar-refractivity contribution < 1.29 is 8.83 Å². The highest BCUT2D eigenvalue weighted by atomic mass is 16.3. The predicted molar refractivity (Wildman–Crippen MR) is 248 cm³/mol. The largest absolute Gasteiger partial charge is 0.455 e. The maximum absolute atomic E-state index is 6.93. The van der Waals surface area contributed by atoms with Gasteiger partial charge >= 0.3 is 0 Å². The van der Waals surface area contributed by atoms with Gasteiger partial charge in [-0.25, -0.2) is 15.0 Å². The molecule has 0 amide bonds. The molecule has 0 unspecified atom stereocenters. The Hall–Kier alpha value is -8.35. The Labute approximate surface area is 348 Å². The molecular weight excluding hydrogens is 749 g/mol. The Morgan fingerprint density at radius 1 is 0.344 bits per heavy atom. The summed E-state index contributed by atoms with van der Waals surface area (Å²) < 4.78 is 15.8. The van der Waals surface area contributed by atoms with Crippen molar-refractivity contribution in [3.05, 3.63) is 194 Å². The molecule has 6 heteroatoms. The van der Waals surface area contributed by atoms with Gasteiger partial charge in [-0.2, -0.15) is 0 Å². The molecular formula is C55H32N4O2. The van der Waals surface area contributed by atoms with Gasteiger partial charge in [0.1, 0.15) is 16.7 Å². The number of hydrogen-bond donors (Lipinski definition) is 0. The summed E-state index contributed by atoms with van der Waals surface area (Å²) >= 11 is 0. The molecule has 4 aromatic heterocycles. The van der Waals surface area contributed by atoms with E-state index >= 15 is 0 Å². The summed E-state index contributed by atoms with van der Waals surface area (Å²) in [6.45, 7) is 0. The fourth-order valence-electron chi connectivity index (χ4n) is 9.23. The molecule has 284 valence electrons. The van der Waals surface area contributed by atoms with Crippen molar-refractivity contribution in [2.45, 2.75) is 0 Å². The van der Waals surface area contributed by atoms with Crippen molar-refractivity contribution in [1.82, 2.24) is 19.5 Å². The predicted octanol–water partition coefficient (Wildman–Crippen LogP) is 14.6. The van der Waals surface area contributed by atoms with E-state index in [1.54, 1.807) is 0 Å². The average Bonchev–Trinajstić information content (AvgIpc) is 4.01. The van der Waals surface area contributed by atoms with Crippen LogP contribution in [0.4, 0.5) is 0 Å². The molecule has 4 heterocycles. The van der Waals surface area contributed by atoms with E-state index in [0.29, 0.717) is 17.5 Å². The molecule has 0 spiro atoms. The Balaban J connectivity index is 1.10. The number of hydrogen-bond acceptors (Lipinski definition) is 5. The first-order valence-electron chi connectivity index (χ1n) is 20.4. The first-order chi connectivity index (χ1) is 30.2. The maximum Gasteiger partial charge on any atom is 0.167 e. The van der Waals surface area contributed by atoms with E-state index in [4.69, 9.17) is 23.8 Å². The van der Waals surface area contributed by atoms with E-state index in [-0.39, 0.29) is 0 Å². The topological polar surface area (TPSA) is 69.9 Å². The van der Waals surface area contributed by atoms with Crippen molar-refractivity contribution in [2.24, 2.45) is 0 Å². The van der Waals surface area contributed by atoms with Gasteiger partial charge in [0.25, 0.3) is 0 Å². The van der Waals surface area contributed by atoms with Crippen LogP contribution in [-0.2, 0) is 0 Å². The van der Waals surface area contributed by atoms with E-state index in [1.165, 1.54) is 21.5 Å². The highest BCUT2D eigenvalue weighted by Gasteiger charge is 2.24. The molecule has 0 aliphatic rings. The molecule has 6 nitrogen and oxygen atoms in total. The van der Waals surface area contributed by atoms with Gasteiger partial charge in [-0.1, -0.05) is 140 Å². The molecule has 0 saturated carbocycles. The highest BCUT2D eigenvalue weighted by molar-refractivity contribution is 6.18. The van der Waals surface area contributed by atoms with Crippen LogP contribution < -0.4 is 0 Å². The first kappa shape index (κ1) is 33.6. The molecule has 0 fully saturated rings. The summed E-state index contributed by atoms with van der Waals surface area (Å²) in [5, 5.41) is 8.72. The summed E-state index contributed by atoms with van der Waals surface area (Å²) in [6.07, 6.45) is 0. The van der Waals surface area contributed by atoms with E-state index < -0.39 is 0 Å². The lowest BCUT2D eigenvalue weighted by Gasteiger charge is -2.13. The van der Waals surface area contributed by atoms with Gasteiger partial charge in [-0.05, 0) is 76.5 Å². The average molecular weight is 781 g/mol. The molecule has 0 N–H and O–H groups in total. The van der Waals surface area contributed by atoms with Gasteiger partial charge in [0.15, 0.2) is 23.1 Å². The Morgan fingerprint density at radius 3 is 1.80 bits per heavy atom. The first-order valence-corrected chi connectivity index (χ1v) is 20.4. The monoisotopic (exact) mass is 780 g/mol. The third kappa shape index (κ3) is 5.19. The Morgan fingerprint density at radius 2 is 0.951 bits per heavy atom. The van der Waals surface area contributed by atoms with Crippen LogP contribution in [-0.4, -0.2) is 19.5 Å². The minimum absolute atomic E-state index is 0.522. The molecule has 0 atom stereocenters. The third-order valence-electron chi connectivity index (χ3n) is 12.0. The molecule has 13 aromatic rings. The summed E-state index contributed by atoms with van der Waals surface area (Å²) in [5.41, 5.74) is 10.9. The molecule has 61 heavy (non-hydrogen) atoms. The van der Waals surface area contributed by atoms with Crippen LogP contribution in [0.25, 0.3) is 127 Å². The Kier molecular flexibility index (Phi) is 7.21. The molecule has 9 aromatic carbocycles. The molecule has 0 aliphatic heterocycles. The van der Waals surface area contributed by atoms with Gasteiger partial charge in [0, 0.05) is 43.4 Å². The smallest absolute Gasteiger partial charge is 0.167 e. The second-order valence-corrected chi connectivity index (χ2v) is 15.5. The van der Waals surface area contributed by atoms with Crippen molar-refractivity contribution in [2.75, 3.05) is 0 Å². The maximum atomic E-state index is 6.93. The van der Waals surface area contributed by atoms with E-state index in [0.717, 1.165) is 88.4 Å². The zero-order valence-corrected chi connectivity index (χ0v) is 32.6. The van der Waals surface area contributed by atoms with Crippen LogP contribution >= 0.6 is 0 Å². The SMILES string of the molecule is c1ccc(-c2cccc(-c3nc(-c4cccc5c4oc4ccccc45)nc(-c4ccc(-n5c6ccccc6c6cc7ccccc7cc65)c5oc6ccccc6c45)n3)c2)cc1. The third-order valence-corrected chi connectivity index (χ3v) is 12.0. The summed E-state index contributed by atoms with van der Waals surface area (Å²) in [7, 11) is 0. The van der Waals surface area contributed by atoms with Crippen molar-refractivity contribution in [3.63, 3.8) is 0 Å². The standard InChI is InChI=1S/C55H32N4O2/c1-2-14-33(15-3-1)34-18-12-19-37(30-34)53-56-54(58-55(57-53)43-24-13-23-40-39-21-7-10-26-48(39)60-51(40)43)42-28-29-46(52-50(42)41-22-8-11-27-49(41)61-52)59-45-25-9-6-20-38(45)44-31-35-16-4-5-17-36(35)32-47(44)59/h1-32H. The van der Waals surface area contributed by atoms with Gasteiger partial charge in [-0.3, -0.25) is 0 Å². The number of furan rings is 2. The fraction of sp³-hybridized carbons (Fsp3) is 0. The number of para-hydroxylation sites is 4. The lowest BCUT2D eigenvalue weighted by molar-refractivity contribution is 0.666. The van der Waals surface area contributed by atoms with Gasteiger partial charge < -0.3 is 13.4 Å². The Bertz CT molecular complexity index is 3900. The number of aromatic nitrogens is 4. The molecule has 0 saturated heterocycles. The quantitative estimate of drug-likeness (QED) is 0.174. The molecule has 0 radical (unpaired) electrons. The molecule has 13 rings (SSSR count). The fourth-order valence-corrected chi connectivity index (χ4v) is 9.23. The van der Waals surface area contributed by atoms with Gasteiger partial charge in [-0.15, -0.1) is 0 Å². The van der Waals surface area contributed by atoms with Crippen molar-refractivity contribution in [3.8, 4) is 51.0 Å². The second-order valence-electron chi connectivity index (χ2n) is 15.5. The second kappa shape index (κ2) is 13.1. The minimum Gasteiger partial charge on any atom is -0.455 e. The lowest BCUT2D eigenvalue weighted by atomic mass is 10.0. The van der Waals surface area contributed by atoms with Crippen LogP contribution in [0, 0.1) is 0 Å². The van der Waals surface area contributed by atoms with Crippen LogP contribution in [0.15, 0.2) is 203 Å². The highest BCUT2D eigenvalue weighted by Crippen LogP contribution is 2.43. The molecule has 0 bridgehead atoms. The van der Waals surface area contributed by atoms with E-state index in [1.807, 2.05) is 48.5 Å². The number of fused-ring (bicyclic) bond motifs is 10. The minimum atomic E-state index is 0.522. The molecule has 0 aliphatic carbocycles. The summed E-state index contributed by atoms with van der Waals surface area (Å²) in [5.74, 6) is 1.62. The van der Waals surface area contributed by atoms with Gasteiger partial charge in [0.2, 0.25) is 0 Å².